The first-order chi connectivity index (χ1) is 9.28. The van der Waals surface area contributed by atoms with Gasteiger partial charge in [0.2, 0.25) is 5.91 Å². The number of alkyl halides is 1. The number of benzene rings is 1. The first-order valence-corrected chi connectivity index (χ1v) is 8.30. The van der Waals surface area contributed by atoms with Crippen LogP contribution in [0.3, 0.4) is 0 Å². The second-order valence-electron chi connectivity index (χ2n) is 4.35. The van der Waals surface area contributed by atoms with Crippen LogP contribution >= 0.6 is 27.3 Å². The molecule has 0 bridgehead atoms. The lowest BCUT2D eigenvalue weighted by Crippen LogP contribution is -2.14. The Morgan fingerprint density at radius 1 is 1.26 bits per heavy atom. The van der Waals surface area contributed by atoms with Crippen molar-refractivity contribution in [1.82, 2.24) is 0 Å². The van der Waals surface area contributed by atoms with Gasteiger partial charge in [0.15, 0.2) is 0 Å². The SMILES string of the molecule is O=C(Cc1ccsc1)Nc1cccc(CCCBr)c1. The topological polar surface area (TPSA) is 29.1 Å². The summed E-state index contributed by atoms with van der Waals surface area (Å²) in [6, 6.07) is 10.1. The Balaban J connectivity index is 1.92. The molecule has 100 valence electrons. The molecule has 0 radical (unpaired) electrons. The summed E-state index contributed by atoms with van der Waals surface area (Å²) < 4.78 is 0. The number of halogens is 1. The summed E-state index contributed by atoms with van der Waals surface area (Å²) in [4.78, 5) is 11.9. The highest BCUT2D eigenvalue weighted by molar-refractivity contribution is 9.09. The number of amides is 1. The molecule has 1 heterocycles. The lowest BCUT2D eigenvalue weighted by atomic mass is 10.1. The number of carbonyl (C=O) groups excluding carboxylic acids is 1. The van der Waals surface area contributed by atoms with Crippen LogP contribution in [0.4, 0.5) is 5.69 Å². The van der Waals surface area contributed by atoms with Gasteiger partial charge in [0.05, 0.1) is 6.42 Å². The monoisotopic (exact) mass is 337 g/mol. The Hall–Kier alpha value is -1.13. The summed E-state index contributed by atoms with van der Waals surface area (Å²) in [6.45, 7) is 0. The molecular weight excluding hydrogens is 322 g/mol. The van der Waals surface area contributed by atoms with Crippen LogP contribution in [0.1, 0.15) is 17.5 Å². The van der Waals surface area contributed by atoms with Gasteiger partial charge in [0.1, 0.15) is 0 Å². The normalized spacial score (nSPS) is 10.4. The van der Waals surface area contributed by atoms with Crippen molar-refractivity contribution in [2.45, 2.75) is 19.3 Å². The van der Waals surface area contributed by atoms with E-state index in [9.17, 15) is 4.79 Å². The first-order valence-electron chi connectivity index (χ1n) is 6.24. The highest BCUT2D eigenvalue weighted by atomic mass is 79.9. The number of thiophene rings is 1. The Kier molecular flexibility index (Phi) is 5.61. The molecule has 0 aliphatic rings. The van der Waals surface area contributed by atoms with Crippen molar-refractivity contribution in [3.8, 4) is 0 Å². The molecule has 0 aliphatic carbocycles. The van der Waals surface area contributed by atoms with E-state index in [0.717, 1.165) is 29.4 Å². The molecule has 19 heavy (non-hydrogen) atoms. The molecule has 1 amide bonds. The minimum absolute atomic E-state index is 0.0380. The van der Waals surface area contributed by atoms with E-state index in [1.807, 2.05) is 35.0 Å². The fourth-order valence-electron chi connectivity index (χ4n) is 1.86. The number of nitrogens with one attached hydrogen (secondary N) is 1. The van der Waals surface area contributed by atoms with Crippen molar-refractivity contribution in [2.75, 3.05) is 10.6 Å². The predicted octanol–water partition coefficient (Wildman–Crippen LogP) is 4.26. The van der Waals surface area contributed by atoms with Gasteiger partial charge in [-0.25, -0.2) is 0 Å². The lowest BCUT2D eigenvalue weighted by Gasteiger charge is -2.06. The standard InChI is InChI=1S/C15H16BrNOS/c16-7-2-4-12-3-1-5-14(9-12)17-15(18)10-13-6-8-19-11-13/h1,3,5-6,8-9,11H,2,4,7,10H2,(H,17,18). The molecule has 0 saturated heterocycles. The summed E-state index contributed by atoms with van der Waals surface area (Å²) in [5.74, 6) is 0.0380. The van der Waals surface area contributed by atoms with Crippen LogP contribution in [-0.2, 0) is 17.6 Å². The van der Waals surface area contributed by atoms with E-state index in [1.54, 1.807) is 11.3 Å². The van der Waals surface area contributed by atoms with Crippen molar-refractivity contribution in [3.05, 3.63) is 52.2 Å². The van der Waals surface area contributed by atoms with Crippen LogP contribution < -0.4 is 5.32 Å². The van der Waals surface area contributed by atoms with E-state index in [1.165, 1.54) is 5.56 Å². The molecule has 0 aliphatic heterocycles. The Bertz CT molecular complexity index is 525. The number of rotatable bonds is 6. The number of hydrogen-bond acceptors (Lipinski definition) is 2. The zero-order valence-electron chi connectivity index (χ0n) is 10.6. The van der Waals surface area contributed by atoms with Gasteiger partial charge in [0, 0.05) is 11.0 Å². The minimum Gasteiger partial charge on any atom is -0.326 e. The summed E-state index contributed by atoms with van der Waals surface area (Å²) in [5.41, 5.74) is 3.21. The van der Waals surface area contributed by atoms with Gasteiger partial charge in [-0.05, 0) is 52.9 Å². The second-order valence-corrected chi connectivity index (χ2v) is 5.92. The number of hydrogen-bond donors (Lipinski definition) is 1. The van der Waals surface area contributed by atoms with Crippen LogP contribution in [0.15, 0.2) is 41.1 Å². The number of carbonyl (C=O) groups is 1. The Labute approximate surface area is 126 Å². The molecule has 0 atom stereocenters. The molecule has 4 heteroatoms. The van der Waals surface area contributed by atoms with Crippen molar-refractivity contribution < 1.29 is 4.79 Å². The van der Waals surface area contributed by atoms with E-state index in [2.05, 4.69) is 27.3 Å². The molecule has 2 rings (SSSR count). The van der Waals surface area contributed by atoms with Gasteiger partial charge in [-0.15, -0.1) is 0 Å². The molecule has 0 spiro atoms. The average molecular weight is 338 g/mol. The van der Waals surface area contributed by atoms with Gasteiger partial charge < -0.3 is 5.32 Å². The average Bonchev–Trinajstić information content (AvgIpc) is 2.89. The molecule has 2 aromatic rings. The minimum atomic E-state index is 0.0380. The molecule has 0 unspecified atom stereocenters. The van der Waals surface area contributed by atoms with Gasteiger partial charge in [-0.1, -0.05) is 28.1 Å². The van der Waals surface area contributed by atoms with Crippen LogP contribution in [0.2, 0.25) is 0 Å². The van der Waals surface area contributed by atoms with Crippen LogP contribution in [0.25, 0.3) is 0 Å². The summed E-state index contributed by atoms with van der Waals surface area (Å²) in [6.07, 6.45) is 2.57. The van der Waals surface area contributed by atoms with E-state index in [-0.39, 0.29) is 5.91 Å². The molecule has 0 fully saturated rings. The first kappa shape index (κ1) is 14.3. The Morgan fingerprint density at radius 3 is 2.89 bits per heavy atom. The fraction of sp³-hybridized carbons (Fsp3) is 0.267. The third-order valence-corrected chi connectivity index (χ3v) is 4.05. The zero-order valence-corrected chi connectivity index (χ0v) is 13.0. The fourth-order valence-corrected chi connectivity index (χ4v) is 2.81. The summed E-state index contributed by atoms with van der Waals surface area (Å²) >= 11 is 5.05. The van der Waals surface area contributed by atoms with Crippen molar-refractivity contribution in [3.63, 3.8) is 0 Å². The summed E-state index contributed by atoms with van der Waals surface area (Å²) in [7, 11) is 0. The van der Waals surface area contributed by atoms with Gasteiger partial charge in [-0.3, -0.25) is 4.79 Å². The highest BCUT2D eigenvalue weighted by Crippen LogP contribution is 2.14. The highest BCUT2D eigenvalue weighted by Gasteiger charge is 2.04. The smallest absolute Gasteiger partial charge is 0.228 e. The second kappa shape index (κ2) is 7.46. The zero-order chi connectivity index (χ0) is 13.5. The van der Waals surface area contributed by atoms with Crippen LogP contribution in [-0.4, -0.2) is 11.2 Å². The van der Waals surface area contributed by atoms with E-state index < -0.39 is 0 Å². The van der Waals surface area contributed by atoms with E-state index in [4.69, 9.17) is 0 Å². The van der Waals surface area contributed by atoms with Crippen molar-refractivity contribution in [1.29, 1.82) is 0 Å². The quantitative estimate of drug-likeness (QED) is 0.784. The molecule has 1 aromatic carbocycles. The molecule has 1 aromatic heterocycles. The lowest BCUT2D eigenvalue weighted by molar-refractivity contribution is -0.115. The Morgan fingerprint density at radius 2 is 2.16 bits per heavy atom. The largest absolute Gasteiger partial charge is 0.326 e. The predicted molar refractivity (Wildman–Crippen MR) is 85.2 cm³/mol. The van der Waals surface area contributed by atoms with E-state index >= 15 is 0 Å². The van der Waals surface area contributed by atoms with Gasteiger partial charge in [-0.2, -0.15) is 11.3 Å². The summed E-state index contributed by atoms with van der Waals surface area (Å²) in [5, 5.41) is 7.95. The van der Waals surface area contributed by atoms with Crippen LogP contribution in [0.5, 0.6) is 0 Å². The molecule has 0 saturated carbocycles. The molecule has 1 N–H and O–H groups in total. The number of anilines is 1. The van der Waals surface area contributed by atoms with Crippen LogP contribution in [0, 0.1) is 0 Å². The van der Waals surface area contributed by atoms with Gasteiger partial charge in [0.25, 0.3) is 0 Å². The third-order valence-electron chi connectivity index (χ3n) is 2.75. The maximum atomic E-state index is 11.9. The molecule has 2 nitrogen and oxygen atoms in total. The van der Waals surface area contributed by atoms with Crippen molar-refractivity contribution >= 4 is 38.9 Å². The molecular formula is C15H16BrNOS. The maximum Gasteiger partial charge on any atom is 0.228 e. The van der Waals surface area contributed by atoms with E-state index in [0.29, 0.717) is 6.42 Å². The number of aryl methyl sites for hydroxylation is 1. The van der Waals surface area contributed by atoms with Gasteiger partial charge >= 0.3 is 0 Å². The third kappa shape index (κ3) is 4.80. The maximum absolute atomic E-state index is 11.9. The van der Waals surface area contributed by atoms with Crippen molar-refractivity contribution in [2.24, 2.45) is 0 Å².